The highest BCUT2D eigenvalue weighted by Gasteiger charge is 2.31. The minimum Gasteiger partial charge on any atom is -0.493 e. The maximum absolute atomic E-state index is 14.3. The molecule has 0 saturated heterocycles. The molecule has 1 atom stereocenters. The van der Waals surface area contributed by atoms with Gasteiger partial charge in [0.05, 0.1) is 49.0 Å². The number of halogens is 2. The highest BCUT2D eigenvalue weighted by molar-refractivity contribution is 6.30. The number of hydrogen-bond acceptors (Lipinski definition) is 6. The summed E-state index contributed by atoms with van der Waals surface area (Å²) < 4.78 is 32.0. The minimum absolute atomic E-state index is 0.125. The largest absolute Gasteiger partial charge is 0.493 e. The fourth-order valence-corrected chi connectivity index (χ4v) is 5.27. The number of nitrogens with zero attached hydrogens (tertiary/aromatic N) is 3. The number of fused-ring (bicyclic) bond motifs is 1. The third-order valence-corrected chi connectivity index (χ3v) is 7.49. The van der Waals surface area contributed by atoms with Crippen LogP contribution in [0.5, 0.6) is 17.2 Å². The van der Waals surface area contributed by atoms with Gasteiger partial charge in [0.1, 0.15) is 11.6 Å². The van der Waals surface area contributed by atoms with E-state index in [4.69, 9.17) is 30.8 Å². The number of para-hydroxylation sites is 1. The van der Waals surface area contributed by atoms with Gasteiger partial charge in [-0.2, -0.15) is 0 Å². The summed E-state index contributed by atoms with van der Waals surface area (Å²) in [6.45, 7) is 4.43. The van der Waals surface area contributed by atoms with E-state index in [1.165, 1.54) is 44.1 Å². The van der Waals surface area contributed by atoms with E-state index in [1.54, 1.807) is 41.3 Å². The van der Waals surface area contributed by atoms with Gasteiger partial charge in [0, 0.05) is 12.1 Å². The Morgan fingerprint density at radius 1 is 1.00 bits per heavy atom. The standard InChI is InChI=1S/C32H35ClFN3O5/c1-6-8-11-16-36(31(38)20-17-27(40-3)29(42-5)28(18-20)41-4)26(7-2)30-35-25-13-10-9-12-22(25)32(39)37(30)21-14-15-24(34)23(33)19-21/h9-10,12-15,17-19,26H,6-8,11,16H2,1-5H3. The Morgan fingerprint density at radius 3 is 2.29 bits per heavy atom. The molecule has 222 valence electrons. The predicted octanol–water partition coefficient (Wildman–Crippen LogP) is 6.99. The molecule has 1 unspecified atom stereocenters. The van der Waals surface area contributed by atoms with Crippen molar-refractivity contribution in [3.63, 3.8) is 0 Å². The summed E-state index contributed by atoms with van der Waals surface area (Å²) in [5, 5.41) is 0.268. The molecule has 0 saturated carbocycles. The molecule has 0 N–H and O–H groups in total. The zero-order valence-corrected chi connectivity index (χ0v) is 25.2. The van der Waals surface area contributed by atoms with E-state index in [1.807, 2.05) is 6.92 Å². The molecule has 1 heterocycles. The van der Waals surface area contributed by atoms with Crippen LogP contribution >= 0.6 is 11.6 Å². The molecule has 4 aromatic rings. The number of carbonyl (C=O) groups is 1. The molecule has 0 aliphatic heterocycles. The van der Waals surface area contributed by atoms with Gasteiger partial charge in [-0.15, -0.1) is 0 Å². The Kier molecular flexibility index (Phi) is 10.1. The summed E-state index contributed by atoms with van der Waals surface area (Å²) in [6, 6.07) is 13.7. The lowest BCUT2D eigenvalue weighted by atomic mass is 10.1. The van der Waals surface area contributed by atoms with Crippen molar-refractivity contribution in [2.45, 2.75) is 45.6 Å². The fraction of sp³-hybridized carbons (Fsp3) is 0.344. The molecule has 0 fully saturated rings. The Bertz CT molecular complexity index is 1620. The molecule has 1 amide bonds. The lowest BCUT2D eigenvalue weighted by Crippen LogP contribution is -2.39. The Hall–Kier alpha value is -4.11. The summed E-state index contributed by atoms with van der Waals surface area (Å²) in [5.74, 6) is 0.533. The molecule has 0 aliphatic rings. The van der Waals surface area contributed by atoms with Crippen LogP contribution < -0.4 is 19.8 Å². The summed E-state index contributed by atoms with van der Waals surface area (Å²) in [5.41, 5.74) is 0.838. The first-order valence-corrected chi connectivity index (χ1v) is 14.2. The van der Waals surface area contributed by atoms with Crippen molar-refractivity contribution >= 4 is 28.4 Å². The molecule has 4 rings (SSSR count). The van der Waals surface area contributed by atoms with Crippen LogP contribution in [0.2, 0.25) is 5.02 Å². The van der Waals surface area contributed by atoms with Crippen molar-refractivity contribution in [1.82, 2.24) is 14.5 Å². The van der Waals surface area contributed by atoms with Gasteiger partial charge in [0.25, 0.3) is 11.5 Å². The first-order valence-electron chi connectivity index (χ1n) is 13.9. The van der Waals surface area contributed by atoms with Gasteiger partial charge in [0.2, 0.25) is 5.75 Å². The molecule has 0 aliphatic carbocycles. The second-order valence-electron chi connectivity index (χ2n) is 9.77. The van der Waals surface area contributed by atoms with Gasteiger partial charge >= 0.3 is 0 Å². The molecule has 42 heavy (non-hydrogen) atoms. The molecule has 3 aromatic carbocycles. The number of methoxy groups -OCH3 is 3. The maximum Gasteiger partial charge on any atom is 0.266 e. The smallest absolute Gasteiger partial charge is 0.266 e. The third-order valence-electron chi connectivity index (χ3n) is 7.20. The SMILES string of the molecule is CCCCCN(C(=O)c1cc(OC)c(OC)c(OC)c1)C(CC)c1nc2ccccc2c(=O)n1-c1ccc(F)c(Cl)c1. The molecule has 0 radical (unpaired) electrons. The van der Waals surface area contributed by atoms with Crippen LogP contribution in [0.15, 0.2) is 59.4 Å². The van der Waals surface area contributed by atoms with Crippen LogP contribution in [-0.2, 0) is 0 Å². The van der Waals surface area contributed by atoms with Crippen molar-refractivity contribution in [2.24, 2.45) is 0 Å². The number of ether oxygens (including phenoxy) is 3. The third kappa shape index (κ3) is 6.06. The van der Waals surface area contributed by atoms with Crippen molar-refractivity contribution in [3.8, 4) is 22.9 Å². The van der Waals surface area contributed by atoms with Gasteiger partial charge in [0.15, 0.2) is 11.5 Å². The van der Waals surface area contributed by atoms with Crippen molar-refractivity contribution in [1.29, 1.82) is 0 Å². The lowest BCUT2D eigenvalue weighted by Gasteiger charge is -2.33. The van der Waals surface area contributed by atoms with E-state index in [0.717, 1.165) is 19.3 Å². The van der Waals surface area contributed by atoms with Crippen LogP contribution in [0.25, 0.3) is 16.6 Å². The van der Waals surface area contributed by atoms with Crippen LogP contribution in [-0.4, -0.2) is 48.2 Å². The quantitative estimate of drug-likeness (QED) is 0.164. The molecule has 0 bridgehead atoms. The van der Waals surface area contributed by atoms with Crippen molar-refractivity contribution in [3.05, 3.63) is 87.2 Å². The highest BCUT2D eigenvalue weighted by Crippen LogP contribution is 2.39. The number of amides is 1. The average Bonchev–Trinajstić information content (AvgIpc) is 3.01. The van der Waals surface area contributed by atoms with Crippen LogP contribution in [0, 0.1) is 5.82 Å². The summed E-state index contributed by atoms with van der Waals surface area (Å²) >= 11 is 6.15. The summed E-state index contributed by atoms with van der Waals surface area (Å²) in [6.07, 6.45) is 3.04. The van der Waals surface area contributed by atoms with E-state index < -0.39 is 11.9 Å². The second kappa shape index (κ2) is 13.7. The van der Waals surface area contributed by atoms with Gasteiger partial charge in [-0.3, -0.25) is 14.2 Å². The Morgan fingerprint density at radius 2 is 1.69 bits per heavy atom. The Balaban J connectivity index is 1.95. The first kappa shape index (κ1) is 30.8. The predicted molar refractivity (Wildman–Crippen MR) is 162 cm³/mol. The number of hydrogen-bond donors (Lipinski definition) is 0. The topological polar surface area (TPSA) is 82.9 Å². The zero-order valence-electron chi connectivity index (χ0n) is 24.4. The number of aromatic nitrogens is 2. The van der Waals surface area contributed by atoms with E-state index in [9.17, 15) is 14.0 Å². The Labute approximate surface area is 249 Å². The number of benzene rings is 3. The molecule has 8 nitrogen and oxygen atoms in total. The van der Waals surface area contributed by atoms with Gasteiger partial charge < -0.3 is 19.1 Å². The lowest BCUT2D eigenvalue weighted by molar-refractivity contribution is 0.0654. The normalized spacial score (nSPS) is 11.8. The molecule has 10 heteroatoms. The summed E-state index contributed by atoms with van der Waals surface area (Å²) in [7, 11) is 4.48. The molecule has 0 spiro atoms. The van der Waals surface area contributed by atoms with Crippen molar-refractivity contribution in [2.75, 3.05) is 27.9 Å². The molecular weight excluding hydrogens is 561 g/mol. The van der Waals surface area contributed by atoms with E-state index in [0.29, 0.717) is 58.2 Å². The minimum atomic E-state index is -0.616. The fourth-order valence-electron chi connectivity index (χ4n) is 5.09. The highest BCUT2D eigenvalue weighted by atomic mass is 35.5. The number of carbonyl (C=O) groups excluding carboxylic acids is 1. The summed E-state index contributed by atoms with van der Waals surface area (Å²) in [4.78, 5) is 34.9. The maximum atomic E-state index is 14.3. The molecular formula is C32H35ClFN3O5. The van der Waals surface area contributed by atoms with E-state index >= 15 is 0 Å². The average molecular weight is 596 g/mol. The van der Waals surface area contributed by atoms with Gasteiger partial charge in [-0.05, 0) is 55.3 Å². The van der Waals surface area contributed by atoms with Crippen LogP contribution in [0.1, 0.15) is 61.8 Å². The van der Waals surface area contributed by atoms with Gasteiger partial charge in [-0.1, -0.05) is 50.4 Å². The second-order valence-corrected chi connectivity index (χ2v) is 10.2. The van der Waals surface area contributed by atoms with Crippen LogP contribution in [0.4, 0.5) is 4.39 Å². The van der Waals surface area contributed by atoms with Gasteiger partial charge in [-0.25, -0.2) is 9.37 Å². The zero-order chi connectivity index (χ0) is 30.4. The van der Waals surface area contributed by atoms with E-state index in [-0.39, 0.29) is 16.5 Å². The number of rotatable bonds is 12. The monoisotopic (exact) mass is 595 g/mol. The number of unbranched alkanes of at least 4 members (excludes halogenated alkanes) is 2. The van der Waals surface area contributed by atoms with Crippen molar-refractivity contribution < 1.29 is 23.4 Å². The van der Waals surface area contributed by atoms with Crippen LogP contribution in [0.3, 0.4) is 0 Å². The molecule has 1 aromatic heterocycles. The van der Waals surface area contributed by atoms with E-state index in [2.05, 4.69) is 6.92 Å². The first-order chi connectivity index (χ1) is 20.3.